The van der Waals surface area contributed by atoms with E-state index in [-0.39, 0.29) is 0 Å². The fourth-order valence-corrected chi connectivity index (χ4v) is 5.54. The highest BCUT2D eigenvalue weighted by atomic mass is 79.9. The van der Waals surface area contributed by atoms with Gasteiger partial charge in [0.2, 0.25) is 5.95 Å². The number of fused-ring (bicyclic) bond motifs is 4. The molecule has 2 aromatic heterocycles. The van der Waals surface area contributed by atoms with Gasteiger partial charge in [-0.2, -0.15) is 0 Å². The topological polar surface area (TPSA) is 43.1 Å². The average Bonchev–Trinajstić information content (AvgIpc) is 3.29. The van der Waals surface area contributed by atoms with Crippen LogP contribution >= 0.6 is 15.9 Å². The van der Waals surface area contributed by atoms with Gasteiger partial charge in [-0.05, 0) is 42.8 Å². The molecule has 0 saturated heterocycles. The molecule has 1 aliphatic carbocycles. The van der Waals surface area contributed by atoms with Gasteiger partial charge in [-0.1, -0.05) is 94.8 Å². The zero-order valence-corrected chi connectivity index (χ0v) is 22.4. The molecule has 4 aromatic carbocycles. The normalized spacial score (nSPS) is 13.9. The van der Waals surface area contributed by atoms with Crippen LogP contribution in [0.25, 0.3) is 51.2 Å². The van der Waals surface area contributed by atoms with Crippen molar-refractivity contribution in [3.8, 4) is 17.2 Å². The van der Waals surface area contributed by atoms with Crippen molar-refractivity contribution in [2.45, 2.75) is 13.3 Å². The lowest BCUT2D eigenvalue weighted by molar-refractivity contribution is 0.949. The molecule has 0 amide bonds. The highest BCUT2D eigenvalue weighted by Crippen LogP contribution is 2.28. The van der Waals surface area contributed by atoms with Gasteiger partial charge in [-0.3, -0.25) is 9.56 Å². The summed E-state index contributed by atoms with van der Waals surface area (Å²) in [6.07, 6.45) is 5.20. The van der Waals surface area contributed by atoms with Crippen molar-refractivity contribution in [3.63, 3.8) is 0 Å². The molecule has 4 nitrogen and oxygen atoms in total. The van der Waals surface area contributed by atoms with Gasteiger partial charge in [-0.25, -0.2) is 9.97 Å². The van der Waals surface area contributed by atoms with E-state index in [2.05, 4.69) is 118 Å². The Bertz CT molecular complexity index is 2020. The Morgan fingerprint density at radius 3 is 2.45 bits per heavy atom. The average molecular weight is 555 g/mol. The first-order valence-corrected chi connectivity index (χ1v) is 13.4. The van der Waals surface area contributed by atoms with E-state index in [1.54, 1.807) is 0 Å². The molecular weight excluding hydrogens is 532 g/mol. The van der Waals surface area contributed by atoms with Crippen LogP contribution in [0.3, 0.4) is 0 Å². The third kappa shape index (κ3) is 3.87. The summed E-state index contributed by atoms with van der Waals surface area (Å²) in [7, 11) is 0. The van der Waals surface area contributed by atoms with Crippen LogP contribution in [0.5, 0.6) is 0 Å². The standard InChI is InChI=1S/C33H23BrN4/c1-21-15-16-23(34)19-29(21)35-24-17-18-31-27(20-24)25-11-6-8-14-30(25)38(31)33-36-28-13-7-5-12-26(28)32(37-33)22-9-3-2-4-10-22/h2-16,18-20H,17H2,1H3/b35-24+. The Kier molecular flexibility index (Phi) is 5.52. The third-order valence-electron chi connectivity index (χ3n) is 7.04. The van der Waals surface area contributed by atoms with Gasteiger partial charge >= 0.3 is 0 Å². The first-order chi connectivity index (χ1) is 18.7. The Morgan fingerprint density at radius 2 is 1.58 bits per heavy atom. The number of hydrogen-bond donors (Lipinski definition) is 0. The van der Waals surface area contributed by atoms with Crippen molar-refractivity contribution in [1.29, 1.82) is 0 Å². The monoisotopic (exact) mass is 554 g/mol. The van der Waals surface area contributed by atoms with E-state index in [4.69, 9.17) is 15.0 Å². The van der Waals surface area contributed by atoms with Crippen molar-refractivity contribution < 1.29 is 0 Å². The summed E-state index contributed by atoms with van der Waals surface area (Å²) in [5.41, 5.74) is 7.19. The van der Waals surface area contributed by atoms with Crippen LogP contribution in [0.4, 0.5) is 5.69 Å². The number of nitrogens with zero attached hydrogens (tertiary/aromatic N) is 4. The molecule has 2 heterocycles. The van der Waals surface area contributed by atoms with E-state index in [1.165, 1.54) is 0 Å². The Balaban J connectivity index is 1.49. The van der Waals surface area contributed by atoms with Crippen molar-refractivity contribution in [3.05, 3.63) is 118 Å². The van der Waals surface area contributed by atoms with Gasteiger partial charge in [0.25, 0.3) is 0 Å². The van der Waals surface area contributed by atoms with E-state index in [1.807, 2.05) is 18.2 Å². The number of halogens is 1. The number of benzene rings is 4. The van der Waals surface area contributed by atoms with Crippen LogP contribution in [-0.2, 0) is 0 Å². The molecule has 182 valence electrons. The van der Waals surface area contributed by atoms with E-state index >= 15 is 0 Å². The van der Waals surface area contributed by atoms with E-state index in [0.29, 0.717) is 5.95 Å². The summed E-state index contributed by atoms with van der Waals surface area (Å²) in [6.45, 7) is 2.09. The molecule has 5 heteroatoms. The van der Waals surface area contributed by atoms with Crippen LogP contribution < -0.4 is 10.6 Å². The lowest BCUT2D eigenvalue weighted by Crippen LogP contribution is -2.33. The summed E-state index contributed by atoms with van der Waals surface area (Å²) < 4.78 is 3.23. The molecule has 1 aliphatic rings. The van der Waals surface area contributed by atoms with E-state index in [0.717, 1.165) is 71.5 Å². The molecule has 0 N–H and O–H groups in total. The van der Waals surface area contributed by atoms with Gasteiger partial charge in [0, 0.05) is 38.2 Å². The van der Waals surface area contributed by atoms with Crippen molar-refractivity contribution in [1.82, 2.24) is 14.5 Å². The number of aromatic nitrogens is 3. The molecule has 0 saturated carbocycles. The molecule has 0 unspecified atom stereocenters. The van der Waals surface area contributed by atoms with Crippen LogP contribution in [0, 0.1) is 6.92 Å². The largest absolute Gasteiger partial charge is 0.278 e. The summed E-state index contributed by atoms with van der Waals surface area (Å²) in [5.74, 6) is 0.674. The lowest BCUT2D eigenvalue weighted by atomic mass is 10.1. The molecule has 0 atom stereocenters. The van der Waals surface area contributed by atoms with Crippen molar-refractivity contribution in [2.75, 3.05) is 0 Å². The maximum absolute atomic E-state index is 5.16. The number of rotatable bonds is 3. The summed E-state index contributed by atoms with van der Waals surface area (Å²) in [4.78, 5) is 15.2. The molecule has 0 aliphatic heterocycles. The predicted octanol–water partition coefficient (Wildman–Crippen LogP) is 7.05. The third-order valence-corrected chi connectivity index (χ3v) is 7.53. The van der Waals surface area contributed by atoms with Gasteiger partial charge < -0.3 is 0 Å². The molecule has 7 rings (SSSR count). The fourth-order valence-electron chi connectivity index (χ4n) is 5.20. The van der Waals surface area contributed by atoms with Crippen molar-refractivity contribution in [2.24, 2.45) is 4.99 Å². The zero-order chi connectivity index (χ0) is 25.6. The number of hydrogen-bond acceptors (Lipinski definition) is 3. The van der Waals surface area contributed by atoms with Crippen LogP contribution in [0.1, 0.15) is 12.0 Å². The fraction of sp³-hybridized carbons (Fsp3) is 0.0606. The minimum Gasteiger partial charge on any atom is -0.278 e. The summed E-state index contributed by atoms with van der Waals surface area (Å²) in [6, 6.07) is 33.3. The first-order valence-electron chi connectivity index (χ1n) is 12.6. The molecule has 6 aromatic rings. The zero-order valence-electron chi connectivity index (χ0n) is 20.8. The van der Waals surface area contributed by atoms with Crippen molar-refractivity contribution >= 4 is 61.3 Å². The minimum absolute atomic E-state index is 0.674. The molecule has 0 bridgehead atoms. The first kappa shape index (κ1) is 22.8. The molecule has 0 radical (unpaired) electrons. The number of para-hydroxylation sites is 2. The number of aliphatic imine (C=N–C) groups is 1. The number of aryl methyl sites for hydroxylation is 1. The molecule has 0 spiro atoms. The Morgan fingerprint density at radius 1 is 0.816 bits per heavy atom. The smallest absolute Gasteiger partial charge is 0.235 e. The van der Waals surface area contributed by atoms with E-state index in [9.17, 15) is 0 Å². The molecule has 0 fully saturated rings. The predicted molar refractivity (Wildman–Crippen MR) is 161 cm³/mol. The second-order valence-corrected chi connectivity index (χ2v) is 10.4. The van der Waals surface area contributed by atoms with Crippen LogP contribution in [0.2, 0.25) is 0 Å². The van der Waals surface area contributed by atoms with Gasteiger partial charge in [0.15, 0.2) is 0 Å². The Labute approximate surface area is 228 Å². The van der Waals surface area contributed by atoms with Crippen LogP contribution in [-0.4, -0.2) is 20.2 Å². The summed E-state index contributed by atoms with van der Waals surface area (Å²) in [5, 5.41) is 4.46. The lowest BCUT2D eigenvalue weighted by Gasteiger charge is -2.12. The van der Waals surface area contributed by atoms with Gasteiger partial charge in [-0.15, -0.1) is 0 Å². The maximum Gasteiger partial charge on any atom is 0.235 e. The minimum atomic E-state index is 0.674. The van der Waals surface area contributed by atoms with Gasteiger partial charge in [0.1, 0.15) is 0 Å². The highest BCUT2D eigenvalue weighted by Gasteiger charge is 2.17. The van der Waals surface area contributed by atoms with Crippen LogP contribution in [0.15, 0.2) is 107 Å². The second-order valence-electron chi connectivity index (χ2n) is 9.49. The second kappa shape index (κ2) is 9.19. The molecule has 38 heavy (non-hydrogen) atoms. The van der Waals surface area contributed by atoms with E-state index < -0.39 is 0 Å². The SMILES string of the molecule is Cc1ccc(Br)cc1/N=C1/C=c2c(n(-c3nc(-c4ccccc4)c4ccccc4n3)c3ccccc23)=CC1. The van der Waals surface area contributed by atoms with Gasteiger partial charge in [0.05, 0.1) is 27.8 Å². The Hall–Kier alpha value is -4.35. The molecular formula is C33H23BrN4. The highest BCUT2D eigenvalue weighted by molar-refractivity contribution is 9.10. The summed E-state index contributed by atoms with van der Waals surface area (Å²) >= 11 is 3.58. The quantitative estimate of drug-likeness (QED) is 0.235. The maximum atomic E-state index is 5.16.